The Kier molecular flexibility index (Phi) is 12.4. The van der Waals surface area contributed by atoms with E-state index in [1.54, 1.807) is 0 Å². The first-order chi connectivity index (χ1) is 4.63. The topological polar surface area (TPSA) is 161 Å². The second kappa shape index (κ2) is 8.53. The minimum atomic E-state index is -1.64. The molecule has 0 unspecified atom stereocenters. The highest BCUT2D eigenvalue weighted by Gasteiger charge is 2.22. The SMILES string of the molecule is O.O.O=C[C@H](O)[C@H](O)[C@H](O)CO. The van der Waals surface area contributed by atoms with Crippen LogP contribution in [0.25, 0.3) is 0 Å². The largest absolute Gasteiger partial charge is 0.412 e. The van der Waals surface area contributed by atoms with Crippen LogP contribution in [0.1, 0.15) is 0 Å². The standard InChI is InChI=1S/C5H10O5.2H2O/c6-1-3(8)5(10)4(9)2-7;;/h1,3-5,7-10H,2H2;2*1H2/t3-,4+,5-;;/m0../s1. The molecule has 7 nitrogen and oxygen atoms in total. The predicted molar refractivity (Wildman–Crippen MR) is 38.4 cm³/mol. The Hall–Kier alpha value is -0.570. The molecule has 7 heteroatoms. The number of hydrogen-bond donors (Lipinski definition) is 4. The maximum atomic E-state index is 9.76. The highest BCUT2D eigenvalue weighted by Crippen LogP contribution is 1.96. The van der Waals surface area contributed by atoms with Crippen molar-refractivity contribution >= 4 is 6.29 Å². The summed E-state index contributed by atoms with van der Waals surface area (Å²) in [5, 5.41) is 34.1. The molecule has 0 aliphatic carbocycles. The molecule has 0 spiro atoms. The molecule has 0 aromatic heterocycles. The molecule has 0 aliphatic heterocycles. The van der Waals surface area contributed by atoms with Crippen molar-refractivity contribution in [2.45, 2.75) is 18.3 Å². The highest BCUT2D eigenvalue weighted by molar-refractivity contribution is 5.56. The molecule has 12 heavy (non-hydrogen) atoms. The van der Waals surface area contributed by atoms with Crippen molar-refractivity contribution in [3.05, 3.63) is 0 Å². The van der Waals surface area contributed by atoms with E-state index in [2.05, 4.69) is 0 Å². The summed E-state index contributed by atoms with van der Waals surface area (Å²) < 4.78 is 0. The van der Waals surface area contributed by atoms with Gasteiger partial charge in [0.1, 0.15) is 18.3 Å². The quantitative estimate of drug-likeness (QED) is 0.325. The molecule has 0 amide bonds. The molecule has 0 fully saturated rings. The van der Waals surface area contributed by atoms with Gasteiger partial charge in [0.25, 0.3) is 0 Å². The van der Waals surface area contributed by atoms with E-state index in [0.29, 0.717) is 0 Å². The van der Waals surface area contributed by atoms with Crippen LogP contribution in [0.2, 0.25) is 0 Å². The van der Waals surface area contributed by atoms with Crippen LogP contribution in [-0.2, 0) is 4.79 Å². The summed E-state index contributed by atoms with van der Waals surface area (Å²) in [4.78, 5) is 9.76. The molecule has 0 aliphatic rings. The third-order valence-corrected chi connectivity index (χ3v) is 1.07. The van der Waals surface area contributed by atoms with Crippen molar-refractivity contribution in [1.29, 1.82) is 0 Å². The van der Waals surface area contributed by atoms with Crippen LogP contribution in [0.3, 0.4) is 0 Å². The lowest BCUT2D eigenvalue weighted by molar-refractivity contribution is -0.127. The van der Waals surface area contributed by atoms with E-state index >= 15 is 0 Å². The molecule has 76 valence electrons. The zero-order valence-electron chi connectivity index (χ0n) is 6.21. The molecular formula is C5H14O7. The lowest BCUT2D eigenvalue weighted by Crippen LogP contribution is -2.40. The Balaban J connectivity index is -0.000000405. The number of hydrogen-bond acceptors (Lipinski definition) is 5. The molecule has 0 saturated heterocycles. The molecule has 0 aromatic rings. The summed E-state index contributed by atoms with van der Waals surface area (Å²) in [6, 6.07) is 0. The van der Waals surface area contributed by atoms with E-state index in [0.717, 1.165) is 0 Å². The van der Waals surface area contributed by atoms with Gasteiger partial charge >= 0.3 is 0 Å². The zero-order chi connectivity index (χ0) is 8.15. The highest BCUT2D eigenvalue weighted by atomic mass is 16.4. The summed E-state index contributed by atoms with van der Waals surface area (Å²) in [6.07, 6.45) is -4.63. The van der Waals surface area contributed by atoms with E-state index in [1.807, 2.05) is 0 Å². The number of rotatable bonds is 4. The molecular weight excluding hydrogens is 172 g/mol. The average Bonchev–Trinajstić information content (AvgIpc) is 2.00. The number of aliphatic hydroxyl groups excluding tert-OH is 4. The lowest BCUT2D eigenvalue weighted by Gasteiger charge is -2.16. The van der Waals surface area contributed by atoms with Crippen LogP contribution in [0, 0.1) is 0 Å². The fourth-order valence-electron chi connectivity index (χ4n) is 0.416. The maximum absolute atomic E-state index is 9.76. The molecule has 0 rings (SSSR count). The van der Waals surface area contributed by atoms with Crippen LogP contribution >= 0.6 is 0 Å². The fourth-order valence-corrected chi connectivity index (χ4v) is 0.416. The van der Waals surface area contributed by atoms with Gasteiger partial charge in [0.2, 0.25) is 0 Å². The van der Waals surface area contributed by atoms with Crippen molar-refractivity contribution < 1.29 is 36.2 Å². The van der Waals surface area contributed by atoms with Crippen LogP contribution in [0.4, 0.5) is 0 Å². The van der Waals surface area contributed by atoms with E-state index in [4.69, 9.17) is 20.4 Å². The zero-order valence-corrected chi connectivity index (χ0v) is 6.21. The van der Waals surface area contributed by atoms with Crippen LogP contribution < -0.4 is 0 Å². The van der Waals surface area contributed by atoms with Gasteiger partial charge in [0.15, 0.2) is 6.29 Å². The Bertz CT molecular complexity index is 106. The summed E-state index contributed by atoms with van der Waals surface area (Å²) in [5.74, 6) is 0. The third kappa shape index (κ3) is 5.13. The van der Waals surface area contributed by atoms with Gasteiger partial charge in [-0.15, -0.1) is 0 Å². The third-order valence-electron chi connectivity index (χ3n) is 1.07. The Morgan fingerprint density at radius 3 is 1.83 bits per heavy atom. The molecule has 0 aromatic carbocycles. The molecule has 3 atom stereocenters. The van der Waals surface area contributed by atoms with Gasteiger partial charge in [-0.2, -0.15) is 0 Å². The minimum Gasteiger partial charge on any atom is -0.412 e. The van der Waals surface area contributed by atoms with Crippen molar-refractivity contribution in [2.24, 2.45) is 0 Å². The summed E-state index contributed by atoms with van der Waals surface area (Å²) in [6.45, 7) is -0.688. The first kappa shape index (κ1) is 17.5. The van der Waals surface area contributed by atoms with Gasteiger partial charge in [-0.25, -0.2) is 0 Å². The average molecular weight is 186 g/mol. The number of carbonyl (C=O) groups is 1. The van der Waals surface area contributed by atoms with Crippen LogP contribution in [0.15, 0.2) is 0 Å². The molecule has 0 bridgehead atoms. The van der Waals surface area contributed by atoms with E-state index in [9.17, 15) is 4.79 Å². The van der Waals surface area contributed by atoms with Crippen LogP contribution in [0.5, 0.6) is 0 Å². The van der Waals surface area contributed by atoms with Gasteiger partial charge in [-0.05, 0) is 0 Å². The number of aldehydes is 1. The van der Waals surface area contributed by atoms with Gasteiger partial charge in [-0.1, -0.05) is 0 Å². The van der Waals surface area contributed by atoms with Crippen molar-refractivity contribution in [3.8, 4) is 0 Å². The Morgan fingerprint density at radius 1 is 1.17 bits per heavy atom. The lowest BCUT2D eigenvalue weighted by atomic mass is 10.1. The van der Waals surface area contributed by atoms with Gasteiger partial charge in [0.05, 0.1) is 6.61 Å². The Morgan fingerprint density at radius 2 is 1.58 bits per heavy atom. The minimum absolute atomic E-state index is 0. The second-order valence-electron chi connectivity index (χ2n) is 1.87. The van der Waals surface area contributed by atoms with Crippen molar-refractivity contribution in [1.82, 2.24) is 0 Å². The van der Waals surface area contributed by atoms with Gasteiger partial charge in [0, 0.05) is 0 Å². The van der Waals surface area contributed by atoms with E-state index in [1.165, 1.54) is 0 Å². The van der Waals surface area contributed by atoms with Gasteiger partial charge in [-0.3, -0.25) is 0 Å². The summed E-state index contributed by atoms with van der Waals surface area (Å²) in [5.41, 5.74) is 0. The Labute approximate surface area is 68.5 Å². The van der Waals surface area contributed by atoms with Crippen molar-refractivity contribution in [2.75, 3.05) is 6.61 Å². The van der Waals surface area contributed by atoms with E-state index < -0.39 is 24.9 Å². The number of carbonyl (C=O) groups excluding carboxylic acids is 1. The number of aliphatic hydroxyl groups is 4. The monoisotopic (exact) mass is 186 g/mol. The smallest absolute Gasteiger partial charge is 0.151 e. The summed E-state index contributed by atoms with van der Waals surface area (Å²) >= 11 is 0. The summed E-state index contributed by atoms with van der Waals surface area (Å²) in [7, 11) is 0. The molecule has 0 heterocycles. The first-order valence-electron chi connectivity index (χ1n) is 2.73. The van der Waals surface area contributed by atoms with Crippen LogP contribution in [-0.4, -0.2) is 62.6 Å². The molecule has 8 N–H and O–H groups in total. The predicted octanol–water partition coefficient (Wildman–Crippen LogP) is -4.39. The molecule has 0 saturated carbocycles. The maximum Gasteiger partial charge on any atom is 0.151 e. The van der Waals surface area contributed by atoms with Gasteiger partial charge < -0.3 is 36.2 Å². The fraction of sp³-hybridized carbons (Fsp3) is 0.800. The second-order valence-corrected chi connectivity index (χ2v) is 1.87. The first-order valence-corrected chi connectivity index (χ1v) is 2.73. The van der Waals surface area contributed by atoms with E-state index in [-0.39, 0.29) is 17.2 Å². The molecule has 0 radical (unpaired) electrons. The normalized spacial score (nSPS) is 16.3. The van der Waals surface area contributed by atoms with Crippen molar-refractivity contribution in [3.63, 3.8) is 0 Å².